The Kier molecular flexibility index (Phi) is 2.98. The van der Waals surface area contributed by atoms with E-state index in [1.165, 1.54) is 17.2 Å². The molecule has 18 heavy (non-hydrogen) atoms. The summed E-state index contributed by atoms with van der Waals surface area (Å²) in [5.41, 5.74) is -0.208. The highest BCUT2D eigenvalue weighted by molar-refractivity contribution is 5.68. The second-order valence-corrected chi connectivity index (χ2v) is 5.12. The van der Waals surface area contributed by atoms with E-state index in [9.17, 15) is 14.3 Å². The van der Waals surface area contributed by atoms with Crippen LogP contribution in [0.4, 0.5) is 9.18 Å². The molecule has 0 radical (unpaired) electrons. The molecule has 2 N–H and O–H groups in total. The molecule has 6 heteroatoms. The van der Waals surface area contributed by atoms with Gasteiger partial charge in [-0.25, -0.2) is 9.18 Å². The number of aliphatic hydroxyl groups is 1. The molecule has 0 aliphatic carbocycles. The van der Waals surface area contributed by atoms with Gasteiger partial charge in [-0.05, 0) is 26.3 Å². The fourth-order valence-corrected chi connectivity index (χ4v) is 2.50. The zero-order valence-corrected chi connectivity index (χ0v) is 10.2. The van der Waals surface area contributed by atoms with Crippen molar-refractivity contribution in [3.05, 3.63) is 29.8 Å². The van der Waals surface area contributed by atoms with Gasteiger partial charge >= 0.3 is 6.09 Å². The molecule has 1 aliphatic heterocycles. The zero-order valence-electron chi connectivity index (χ0n) is 10.2. The van der Waals surface area contributed by atoms with Crippen molar-refractivity contribution in [2.75, 3.05) is 0 Å². The number of aliphatic hydroxyl groups excluding tert-OH is 1. The van der Waals surface area contributed by atoms with Crippen molar-refractivity contribution >= 4 is 6.09 Å². The van der Waals surface area contributed by atoms with Crippen LogP contribution in [0.15, 0.2) is 18.5 Å². The van der Waals surface area contributed by atoms with Crippen molar-refractivity contribution in [2.45, 2.75) is 38.0 Å². The number of aromatic nitrogens is 1. The summed E-state index contributed by atoms with van der Waals surface area (Å²) in [6.07, 6.45) is 0.767. The third-order valence-corrected chi connectivity index (χ3v) is 3.33. The highest BCUT2D eigenvalue weighted by Gasteiger charge is 2.51. The molecule has 98 valence electrons. The Balaban J connectivity index is 2.20. The lowest BCUT2D eigenvalue weighted by molar-refractivity contribution is -0.0853. The molecular weight excluding hydrogens is 239 g/mol. The number of halogens is 1. The summed E-state index contributed by atoms with van der Waals surface area (Å²) >= 11 is 0. The standard InChI is InChI=1S/C12H15FN2O3/c1-12(2)4-9(15(12)11(17)18)10(16)7-3-8(13)6-14-5-7/h3,5-6,9-10,16H,4H2,1-2H3,(H,17,18)/t9-,10+/m1/s1. The van der Waals surface area contributed by atoms with Crippen LogP contribution in [0.5, 0.6) is 0 Å². The molecule has 1 aromatic rings. The van der Waals surface area contributed by atoms with Gasteiger partial charge in [-0.1, -0.05) is 0 Å². The Morgan fingerprint density at radius 1 is 1.61 bits per heavy atom. The van der Waals surface area contributed by atoms with Crippen LogP contribution in [0, 0.1) is 5.82 Å². The Hall–Kier alpha value is -1.69. The number of carboxylic acid groups (broad SMARTS) is 1. The predicted octanol–water partition coefficient (Wildman–Crippen LogP) is 1.78. The maximum atomic E-state index is 13.0. The second-order valence-electron chi connectivity index (χ2n) is 5.12. The predicted molar refractivity (Wildman–Crippen MR) is 61.5 cm³/mol. The highest BCUT2D eigenvalue weighted by atomic mass is 19.1. The van der Waals surface area contributed by atoms with Gasteiger partial charge in [-0.3, -0.25) is 9.88 Å². The number of likely N-dealkylation sites (tertiary alicyclic amines) is 1. The van der Waals surface area contributed by atoms with Crippen molar-refractivity contribution in [3.63, 3.8) is 0 Å². The second kappa shape index (κ2) is 4.20. The summed E-state index contributed by atoms with van der Waals surface area (Å²) in [6, 6.07) is 0.615. The van der Waals surface area contributed by atoms with Crippen molar-refractivity contribution < 1.29 is 19.4 Å². The third-order valence-electron chi connectivity index (χ3n) is 3.33. The van der Waals surface area contributed by atoms with Gasteiger partial charge in [-0.15, -0.1) is 0 Å². The first-order valence-corrected chi connectivity index (χ1v) is 5.64. The van der Waals surface area contributed by atoms with Gasteiger partial charge in [0.25, 0.3) is 0 Å². The minimum absolute atomic E-state index is 0.293. The summed E-state index contributed by atoms with van der Waals surface area (Å²) in [7, 11) is 0. The van der Waals surface area contributed by atoms with Crippen LogP contribution in [0.3, 0.4) is 0 Å². The highest BCUT2D eigenvalue weighted by Crippen LogP contribution is 2.42. The first-order chi connectivity index (χ1) is 8.33. The molecule has 2 atom stereocenters. The van der Waals surface area contributed by atoms with Gasteiger partial charge < -0.3 is 10.2 Å². The molecule has 1 saturated heterocycles. The minimum atomic E-state index is -1.08. The summed E-state index contributed by atoms with van der Waals surface area (Å²) in [4.78, 5) is 16.0. The fourth-order valence-electron chi connectivity index (χ4n) is 2.50. The van der Waals surface area contributed by atoms with Crippen LogP contribution < -0.4 is 0 Å². The van der Waals surface area contributed by atoms with Crippen LogP contribution in [0.25, 0.3) is 0 Å². The summed E-state index contributed by atoms with van der Waals surface area (Å²) in [6.45, 7) is 3.57. The Morgan fingerprint density at radius 2 is 2.28 bits per heavy atom. The molecule has 0 unspecified atom stereocenters. The maximum absolute atomic E-state index is 13.0. The van der Waals surface area contributed by atoms with E-state index in [2.05, 4.69) is 4.98 Å². The first kappa shape index (κ1) is 12.8. The largest absolute Gasteiger partial charge is 0.465 e. The number of pyridine rings is 1. The fraction of sp³-hybridized carbons (Fsp3) is 0.500. The molecule has 1 amide bonds. The number of carbonyl (C=O) groups is 1. The van der Waals surface area contributed by atoms with E-state index in [0.717, 1.165) is 6.20 Å². The van der Waals surface area contributed by atoms with E-state index >= 15 is 0 Å². The SMILES string of the molecule is CC1(C)C[C@H]([C@@H](O)c2cncc(F)c2)N1C(=O)O. The zero-order chi connectivity index (χ0) is 13.5. The van der Waals surface area contributed by atoms with Gasteiger partial charge in [0, 0.05) is 17.3 Å². The topological polar surface area (TPSA) is 73.7 Å². The maximum Gasteiger partial charge on any atom is 0.408 e. The average molecular weight is 254 g/mol. The molecule has 1 aromatic heterocycles. The monoisotopic (exact) mass is 254 g/mol. The van der Waals surface area contributed by atoms with Gasteiger partial charge in [0.15, 0.2) is 0 Å². The van der Waals surface area contributed by atoms with E-state index in [1.807, 2.05) is 0 Å². The number of rotatable bonds is 2. The number of nitrogens with zero attached hydrogens (tertiary/aromatic N) is 2. The van der Waals surface area contributed by atoms with E-state index < -0.39 is 29.6 Å². The molecule has 2 heterocycles. The first-order valence-electron chi connectivity index (χ1n) is 5.64. The van der Waals surface area contributed by atoms with Gasteiger partial charge in [0.1, 0.15) is 11.9 Å². The van der Waals surface area contributed by atoms with Crippen LogP contribution in [-0.2, 0) is 0 Å². The van der Waals surface area contributed by atoms with Gasteiger partial charge in [0.2, 0.25) is 0 Å². The lowest BCUT2D eigenvalue weighted by Gasteiger charge is -2.54. The van der Waals surface area contributed by atoms with Gasteiger partial charge in [-0.2, -0.15) is 0 Å². The molecule has 2 rings (SSSR count). The normalized spacial score (nSPS) is 23.3. The van der Waals surface area contributed by atoms with Crippen molar-refractivity contribution in [1.29, 1.82) is 0 Å². The summed E-state index contributed by atoms with van der Waals surface area (Å²) in [5, 5.41) is 19.2. The van der Waals surface area contributed by atoms with Crippen LogP contribution >= 0.6 is 0 Å². The smallest absolute Gasteiger partial charge is 0.408 e. The molecular formula is C12H15FN2O3. The van der Waals surface area contributed by atoms with Crippen molar-refractivity contribution in [2.24, 2.45) is 0 Å². The Morgan fingerprint density at radius 3 is 2.78 bits per heavy atom. The Labute approximate surface area is 104 Å². The molecule has 5 nitrogen and oxygen atoms in total. The molecule has 0 bridgehead atoms. The number of amides is 1. The van der Waals surface area contributed by atoms with E-state index in [4.69, 9.17) is 5.11 Å². The van der Waals surface area contributed by atoms with E-state index in [1.54, 1.807) is 13.8 Å². The lowest BCUT2D eigenvalue weighted by Crippen LogP contribution is -2.66. The molecule has 0 saturated carbocycles. The minimum Gasteiger partial charge on any atom is -0.465 e. The van der Waals surface area contributed by atoms with E-state index in [-0.39, 0.29) is 0 Å². The number of hydrogen-bond acceptors (Lipinski definition) is 3. The van der Waals surface area contributed by atoms with Gasteiger partial charge in [0.05, 0.1) is 12.2 Å². The van der Waals surface area contributed by atoms with E-state index in [0.29, 0.717) is 12.0 Å². The molecule has 0 spiro atoms. The van der Waals surface area contributed by atoms with Crippen LogP contribution in [0.1, 0.15) is 31.9 Å². The van der Waals surface area contributed by atoms with Crippen LogP contribution in [-0.4, -0.2) is 37.8 Å². The number of hydrogen-bond donors (Lipinski definition) is 2. The molecule has 1 aliphatic rings. The molecule has 0 aromatic carbocycles. The summed E-state index contributed by atoms with van der Waals surface area (Å²) < 4.78 is 13.0. The van der Waals surface area contributed by atoms with Crippen LogP contribution in [0.2, 0.25) is 0 Å². The van der Waals surface area contributed by atoms with Crippen molar-refractivity contribution in [1.82, 2.24) is 9.88 Å². The third kappa shape index (κ3) is 2.03. The van der Waals surface area contributed by atoms with Crippen molar-refractivity contribution in [3.8, 4) is 0 Å². The Bertz CT molecular complexity index is 478. The lowest BCUT2D eigenvalue weighted by atomic mass is 9.78. The molecule has 1 fully saturated rings. The summed E-state index contributed by atoms with van der Waals surface area (Å²) in [5.74, 6) is -0.549. The average Bonchev–Trinajstić information content (AvgIpc) is 2.24. The quantitative estimate of drug-likeness (QED) is 0.843.